The van der Waals surface area contributed by atoms with Crippen molar-refractivity contribution in [2.24, 2.45) is 5.92 Å². The standard InChI is InChI=1S/C19H22ClN5O3/c1-13-10-15(5-6-16(13)20)28-12-17(26)23-24-18(27)14-4-2-9-25(11-14)19-21-7-3-8-22-19/h3,5-8,10,14H,2,4,9,11-12H2,1H3,(H,23,26)(H,24,27)/t14-/m0/s1. The molecule has 1 fully saturated rings. The number of carbonyl (C=O) groups is 2. The van der Waals surface area contributed by atoms with E-state index in [1.54, 1.807) is 36.7 Å². The van der Waals surface area contributed by atoms with E-state index >= 15 is 0 Å². The maximum Gasteiger partial charge on any atom is 0.276 e. The summed E-state index contributed by atoms with van der Waals surface area (Å²) in [5, 5.41) is 0.631. The minimum atomic E-state index is -0.444. The summed E-state index contributed by atoms with van der Waals surface area (Å²) in [5.74, 6) is 0.207. The highest BCUT2D eigenvalue weighted by Crippen LogP contribution is 2.21. The highest BCUT2D eigenvalue weighted by molar-refractivity contribution is 6.31. The number of piperidine rings is 1. The topological polar surface area (TPSA) is 96.5 Å². The smallest absolute Gasteiger partial charge is 0.276 e. The minimum Gasteiger partial charge on any atom is -0.484 e. The molecule has 2 N–H and O–H groups in total. The average molecular weight is 404 g/mol. The van der Waals surface area contributed by atoms with Crippen LogP contribution in [-0.2, 0) is 9.59 Å². The van der Waals surface area contributed by atoms with Crippen molar-refractivity contribution in [2.75, 3.05) is 24.6 Å². The summed E-state index contributed by atoms with van der Waals surface area (Å²) in [4.78, 5) is 34.7. The number of hydrogen-bond donors (Lipinski definition) is 2. The summed E-state index contributed by atoms with van der Waals surface area (Å²) in [6, 6.07) is 6.89. The molecule has 2 aromatic rings. The van der Waals surface area contributed by atoms with Crippen LogP contribution < -0.4 is 20.5 Å². The predicted octanol–water partition coefficient (Wildman–Crippen LogP) is 1.88. The number of rotatable bonds is 5. The molecule has 0 unspecified atom stereocenters. The Bertz CT molecular complexity index is 834. The van der Waals surface area contributed by atoms with Gasteiger partial charge in [-0.25, -0.2) is 9.97 Å². The van der Waals surface area contributed by atoms with Crippen molar-refractivity contribution in [1.29, 1.82) is 0 Å². The quantitative estimate of drug-likeness (QED) is 0.740. The van der Waals surface area contributed by atoms with Crippen LogP contribution in [0.4, 0.5) is 5.95 Å². The lowest BCUT2D eigenvalue weighted by Crippen LogP contribution is -2.50. The van der Waals surface area contributed by atoms with Crippen LogP contribution in [0.25, 0.3) is 0 Å². The molecule has 9 heteroatoms. The van der Waals surface area contributed by atoms with Crippen molar-refractivity contribution >= 4 is 29.4 Å². The zero-order valence-electron chi connectivity index (χ0n) is 15.5. The predicted molar refractivity (Wildman–Crippen MR) is 105 cm³/mol. The maximum absolute atomic E-state index is 12.4. The minimum absolute atomic E-state index is 0.212. The van der Waals surface area contributed by atoms with E-state index < -0.39 is 5.91 Å². The third-order valence-electron chi connectivity index (χ3n) is 4.45. The third kappa shape index (κ3) is 5.32. The summed E-state index contributed by atoms with van der Waals surface area (Å²) in [5.41, 5.74) is 5.72. The van der Waals surface area contributed by atoms with Crippen LogP contribution in [0.3, 0.4) is 0 Å². The number of hydrogen-bond acceptors (Lipinski definition) is 6. The van der Waals surface area contributed by atoms with Gasteiger partial charge in [-0.3, -0.25) is 20.4 Å². The summed E-state index contributed by atoms with van der Waals surface area (Å²) < 4.78 is 5.41. The molecule has 1 aliphatic heterocycles. The van der Waals surface area contributed by atoms with E-state index in [2.05, 4.69) is 20.8 Å². The number of carbonyl (C=O) groups excluding carboxylic acids is 2. The first-order valence-electron chi connectivity index (χ1n) is 9.02. The molecule has 0 spiro atoms. The number of ether oxygens (including phenoxy) is 1. The van der Waals surface area contributed by atoms with Crippen LogP contribution in [0.2, 0.25) is 5.02 Å². The van der Waals surface area contributed by atoms with Gasteiger partial charge in [-0.2, -0.15) is 0 Å². The number of hydrazine groups is 1. The van der Waals surface area contributed by atoms with Gasteiger partial charge < -0.3 is 9.64 Å². The molecular formula is C19H22ClN5O3. The fourth-order valence-electron chi connectivity index (χ4n) is 2.95. The molecule has 28 heavy (non-hydrogen) atoms. The fraction of sp³-hybridized carbons (Fsp3) is 0.368. The maximum atomic E-state index is 12.4. The molecule has 0 aliphatic carbocycles. The van der Waals surface area contributed by atoms with E-state index in [-0.39, 0.29) is 18.4 Å². The fourth-order valence-corrected chi connectivity index (χ4v) is 3.07. The molecule has 2 amide bonds. The van der Waals surface area contributed by atoms with Crippen LogP contribution >= 0.6 is 11.6 Å². The monoisotopic (exact) mass is 403 g/mol. The van der Waals surface area contributed by atoms with Crippen LogP contribution in [0, 0.1) is 12.8 Å². The van der Waals surface area contributed by atoms with Gasteiger partial charge in [-0.1, -0.05) is 11.6 Å². The second kappa shape index (κ2) is 9.36. The largest absolute Gasteiger partial charge is 0.484 e. The highest BCUT2D eigenvalue weighted by Gasteiger charge is 2.27. The molecule has 0 saturated carbocycles. The van der Waals surface area contributed by atoms with E-state index in [1.165, 1.54) is 0 Å². The Morgan fingerprint density at radius 2 is 2.07 bits per heavy atom. The molecule has 1 saturated heterocycles. The van der Waals surface area contributed by atoms with Crippen molar-refractivity contribution in [3.8, 4) is 5.75 Å². The van der Waals surface area contributed by atoms with Gasteiger partial charge in [0.15, 0.2) is 6.61 Å². The van der Waals surface area contributed by atoms with Crippen LogP contribution in [0.1, 0.15) is 18.4 Å². The van der Waals surface area contributed by atoms with Gasteiger partial charge in [0.25, 0.3) is 5.91 Å². The molecule has 1 aromatic carbocycles. The Balaban J connectivity index is 1.44. The zero-order valence-corrected chi connectivity index (χ0v) is 16.3. The van der Waals surface area contributed by atoms with Gasteiger partial charge in [0.2, 0.25) is 11.9 Å². The molecule has 2 heterocycles. The van der Waals surface area contributed by atoms with Gasteiger partial charge in [-0.15, -0.1) is 0 Å². The summed E-state index contributed by atoms with van der Waals surface area (Å²) in [6.07, 6.45) is 4.94. The zero-order chi connectivity index (χ0) is 19.9. The van der Waals surface area contributed by atoms with Crippen molar-refractivity contribution in [1.82, 2.24) is 20.8 Å². The average Bonchev–Trinajstić information content (AvgIpc) is 2.73. The number of aryl methyl sites for hydroxylation is 1. The number of nitrogens with zero attached hydrogens (tertiary/aromatic N) is 3. The SMILES string of the molecule is Cc1cc(OCC(=O)NNC(=O)[C@H]2CCCN(c3ncccn3)C2)ccc1Cl. The van der Waals surface area contributed by atoms with Gasteiger partial charge in [0.1, 0.15) is 5.75 Å². The first-order valence-corrected chi connectivity index (χ1v) is 9.40. The number of benzene rings is 1. The van der Waals surface area contributed by atoms with Gasteiger partial charge >= 0.3 is 0 Å². The Labute approximate surface area is 168 Å². The Hall–Kier alpha value is -2.87. The normalized spacial score (nSPS) is 16.4. The van der Waals surface area contributed by atoms with E-state index in [4.69, 9.17) is 16.3 Å². The van der Waals surface area contributed by atoms with E-state index in [0.717, 1.165) is 24.9 Å². The molecule has 1 atom stereocenters. The lowest BCUT2D eigenvalue weighted by molar-refractivity contribution is -0.132. The lowest BCUT2D eigenvalue weighted by atomic mass is 9.98. The molecule has 3 rings (SSSR count). The summed E-state index contributed by atoms with van der Waals surface area (Å²) >= 11 is 5.96. The number of halogens is 1. The highest BCUT2D eigenvalue weighted by atomic mass is 35.5. The van der Waals surface area contributed by atoms with Gasteiger partial charge in [-0.05, 0) is 49.6 Å². The number of anilines is 1. The molecule has 1 aromatic heterocycles. The Morgan fingerprint density at radius 3 is 2.82 bits per heavy atom. The van der Waals surface area contributed by atoms with Crippen LogP contribution in [0.5, 0.6) is 5.75 Å². The number of nitrogens with one attached hydrogen (secondary N) is 2. The second-order valence-electron chi connectivity index (χ2n) is 6.57. The molecular weight excluding hydrogens is 382 g/mol. The summed E-state index contributed by atoms with van der Waals surface area (Å²) in [7, 11) is 0. The van der Waals surface area contributed by atoms with Crippen LogP contribution in [-0.4, -0.2) is 41.5 Å². The molecule has 148 valence electrons. The van der Waals surface area contributed by atoms with Crippen molar-refractivity contribution in [2.45, 2.75) is 19.8 Å². The van der Waals surface area contributed by atoms with E-state index in [0.29, 0.717) is 23.3 Å². The Kier molecular flexibility index (Phi) is 6.65. The lowest BCUT2D eigenvalue weighted by Gasteiger charge is -2.31. The first kappa shape index (κ1) is 19.9. The number of amides is 2. The van der Waals surface area contributed by atoms with Crippen LogP contribution in [0.15, 0.2) is 36.7 Å². The third-order valence-corrected chi connectivity index (χ3v) is 4.88. The van der Waals surface area contributed by atoms with Gasteiger partial charge in [0, 0.05) is 30.5 Å². The molecule has 0 bridgehead atoms. The Morgan fingerprint density at radius 1 is 1.29 bits per heavy atom. The summed E-state index contributed by atoms with van der Waals surface area (Å²) in [6.45, 7) is 2.94. The molecule has 0 radical (unpaired) electrons. The van der Waals surface area contributed by atoms with Crippen molar-refractivity contribution in [3.05, 3.63) is 47.2 Å². The first-order chi connectivity index (χ1) is 13.5. The van der Waals surface area contributed by atoms with E-state index in [1.807, 2.05) is 11.8 Å². The molecule has 1 aliphatic rings. The van der Waals surface area contributed by atoms with E-state index in [9.17, 15) is 9.59 Å². The second-order valence-corrected chi connectivity index (χ2v) is 6.98. The number of aromatic nitrogens is 2. The molecule has 8 nitrogen and oxygen atoms in total. The van der Waals surface area contributed by atoms with Gasteiger partial charge in [0.05, 0.1) is 5.92 Å². The van der Waals surface area contributed by atoms with Crippen molar-refractivity contribution in [3.63, 3.8) is 0 Å². The van der Waals surface area contributed by atoms with Crippen molar-refractivity contribution < 1.29 is 14.3 Å².